The number of nitrogens with one attached hydrogen (secondary N) is 3. The van der Waals surface area contributed by atoms with Gasteiger partial charge < -0.3 is 15.4 Å². The SMILES string of the molecule is Cc1cc(=O)[nH]c(NCCNC(=O)CN2C[C@@H](C)O[C@@H](C)C2)n1. The molecule has 1 aromatic rings. The lowest BCUT2D eigenvalue weighted by molar-refractivity contribution is -0.125. The van der Waals surface area contributed by atoms with Crippen molar-refractivity contribution in [3.05, 3.63) is 22.1 Å². The van der Waals surface area contributed by atoms with Gasteiger partial charge in [0.1, 0.15) is 0 Å². The highest BCUT2D eigenvalue weighted by Gasteiger charge is 2.23. The van der Waals surface area contributed by atoms with E-state index in [2.05, 4.69) is 25.5 Å². The lowest BCUT2D eigenvalue weighted by atomic mass is 10.2. The number of anilines is 1. The molecule has 0 saturated carbocycles. The van der Waals surface area contributed by atoms with Crippen LogP contribution >= 0.6 is 0 Å². The van der Waals surface area contributed by atoms with Crippen molar-refractivity contribution in [1.82, 2.24) is 20.2 Å². The fourth-order valence-electron chi connectivity index (χ4n) is 2.72. The van der Waals surface area contributed by atoms with E-state index < -0.39 is 0 Å². The number of nitrogens with zero attached hydrogens (tertiary/aromatic N) is 2. The Hall–Kier alpha value is -1.93. The van der Waals surface area contributed by atoms with Gasteiger partial charge in [-0.1, -0.05) is 0 Å². The molecule has 0 aliphatic carbocycles. The molecule has 23 heavy (non-hydrogen) atoms. The molecule has 1 saturated heterocycles. The Morgan fingerprint density at radius 3 is 2.74 bits per heavy atom. The van der Waals surface area contributed by atoms with Gasteiger partial charge in [0.25, 0.3) is 5.56 Å². The molecule has 128 valence electrons. The number of carbonyl (C=O) groups is 1. The van der Waals surface area contributed by atoms with Crippen LogP contribution in [0.15, 0.2) is 10.9 Å². The number of aryl methyl sites for hydroxylation is 1. The van der Waals surface area contributed by atoms with E-state index in [9.17, 15) is 9.59 Å². The molecule has 0 bridgehead atoms. The van der Waals surface area contributed by atoms with Crippen LogP contribution in [0.25, 0.3) is 0 Å². The maximum Gasteiger partial charge on any atom is 0.252 e. The second kappa shape index (κ2) is 8.07. The van der Waals surface area contributed by atoms with Gasteiger partial charge in [0.05, 0.1) is 18.8 Å². The topological polar surface area (TPSA) is 99.4 Å². The van der Waals surface area contributed by atoms with Crippen LogP contribution in [0.1, 0.15) is 19.5 Å². The fraction of sp³-hybridized carbons (Fsp3) is 0.667. The number of amides is 1. The largest absolute Gasteiger partial charge is 0.373 e. The van der Waals surface area contributed by atoms with Crippen molar-refractivity contribution >= 4 is 11.9 Å². The minimum atomic E-state index is -0.195. The Bertz CT molecular complexity index is 579. The Balaban J connectivity index is 1.67. The first-order valence-corrected chi connectivity index (χ1v) is 7.88. The molecule has 2 heterocycles. The van der Waals surface area contributed by atoms with E-state index in [1.807, 2.05) is 13.8 Å². The predicted octanol–water partition coefficient (Wildman–Crippen LogP) is -0.284. The number of ether oxygens (including phenoxy) is 1. The number of H-pyrrole nitrogens is 1. The molecule has 0 aromatic carbocycles. The predicted molar refractivity (Wildman–Crippen MR) is 87.5 cm³/mol. The van der Waals surface area contributed by atoms with E-state index in [1.165, 1.54) is 6.07 Å². The molecule has 8 nitrogen and oxygen atoms in total. The second-order valence-corrected chi connectivity index (χ2v) is 5.96. The lowest BCUT2D eigenvalue weighted by Gasteiger charge is -2.34. The van der Waals surface area contributed by atoms with E-state index in [0.29, 0.717) is 31.3 Å². The molecule has 1 fully saturated rings. The minimum Gasteiger partial charge on any atom is -0.373 e. The molecule has 1 aliphatic heterocycles. The van der Waals surface area contributed by atoms with E-state index >= 15 is 0 Å². The van der Waals surface area contributed by atoms with Crippen LogP contribution in [0.5, 0.6) is 0 Å². The quantitative estimate of drug-likeness (QED) is 0.623. The highest BCUT2D eigenvalue weighted by atomic mass is 16.5. The summed E-state index contributed by atoms with van der Waals surface area (Å²) < 4.78 is 5.65. The van der Waals surface area contributed by atoms with Crippen molar-refractivity contribution in [3.63, 3.8) is 0 Å². The van der Waals surface area contributed by atoms with Crippen LogP contribution in [0.3, 0.4) is 0 Å². The highest BCUT2D eigenvalue weighted by Crippen LogP contribution is 2.09. The molecular formula is C15H25N5O3. The number of morpholine rings is 1. The van der Waals surface area contributed by atoms with Crippen molar-refractivity contribution < 1.29 is 9.53 Å². The van der Waals surface area contributed by atoms with Gasteiger partial charge in [0.2, 0.25) is 11.9 Å². The normalized spacial score (nSPS) is 21.9. The molecule has 1 aliphatic rings. The number of hydrogen-bond acceptors (Lipinski definition) is 6. The molecule has 2 rings (SSSR count). The van der Waals surface area contributed by atoms with E-state index in [1.54, 1.807) is 6.92 Å². The van der Waals surface area contributed by atoms with Gasteiger partial charge in [0, 0.05) is 37.9 Å². The van der Waals surface area contributed by atoms with Crippen LogP contribution in [0.4, 0.5) is 5.95 Å². The highest BCUT2D eigenvalue weighted by molar-refractivity contribution is 5.78. The van der Waals surface area contributed by atoms with Crippen molar-refractivity contribution in [1.29, 1.82) is 0 Å². The number of rotatable bonds is 6. The zero-order valence-electron chi connectivity index (χ0n) is 13.9. The number of carbonyl (C=O) groups excluding carboxylic acids is 1. The maximum absolute atomic E-state index is 11.9. The van der Waals surface area contributed by atoms with Gasteiger partial charge in [-0.05, 0) is 20.8 Å². The van der Waals surface area contributed by atoms with Gasteiger partial charge in [-0.3, -0.25) is 19.5 Å². The van der Waals surface area contributed by atoms with Crippen LogP contribution in [0.2, 0.25) is 0 Å². The molecule has 8 heteroatoms. The second-order valence-electron chi connectivity index (χ2n) is 5.96. The van der Waals surface area contributed by atoms with Gasteiger partial charge >= 0.3 is 0 Å². The maximum atomic E-state index is 11.9. The van der Waals surface area contributed by atoms with Gasteiger partial charge in [0.15, 0.2) is 0 Å². The van der Waals surface area contributed by atoms with Gasteiger partial charge in [-0.15, -0.1) is 0 Å². The van der Waals surface area contributed by atoms with Gasteiger partial charge in [-0.25, -0.2) is 4.98 Å². The van der Waals surface area contributed by atoms with Crippen LogP contribution in [-0.4, -0.2) is 65.7 Å². The van der Waals surface area contributed by atoms with E-state index in [4.69, 9.17) is 4.74 Å². The third kappa shape index (κ3) is 5.99. The van der Waals surface area contributed by atoms with E-state index in [-0.39, 0.29) is 23.7 Å². The van der Waals surface area contributed by atoms with Crippen molar-refractivity contribution in [2.45, 2.75) is 33.0 Å². The smallest absolute Gasteiger partial charge is 0.252 e. The summed E-state index contributed by atoms with van der Waals surface area (Å²) in [6.45, 7) is 8.65. The van der Waals surface area contributed by atoms with Crippen LogP contribution in [-0.2, 0) is 9.53 Å². The summed E-state index contributed by atoms with van der Waals surface area (Å²) in [6.07, 6.45) is 0.301. The van der Waals surface area contributed by atoms with Crippen molar-refractivity contribution in [2.75, 3.05) is 38.0 Å². The first-order chi connectivity index (χ1) is 10.9. The van der Waals surface area contributed by atoms with Crippen molar-refractivity contribution in [2.24, 2.45) is 0 Å². The summed E-state index contributed by atoms with van der Waals surface area (Å²) >= 11 is 0. The van der Waals surface area contributed by atoms with Crippen LogP contribution < -0.4 is 16.2 Å². The van der Waals surface area contributed by atoms with Crippen molar-refractivity contribution in [3.8, 4) is 0 Å². The Labute approximate surface area is 135 Å². The van der Waals surface area contributed by atoms with Gasteiger partial charge in [-0.2, -0.15) is 0 Å². The summed E-state index contributed by atoms with van der Waals surface area (Å²) in [5.74, 6) is 0.402. The summed E-state index contributed by atoms with van der Waals surface area (Å²) in [5.41, 5.74) is 0.454. The first kappa shape index (κ1) is 17.4. The Morgan fingerprint density at radius 2 is 2.09 bits per heavy atom. The molecule has 1 amide bonds. The molecule has 0 spiro atoms. The standard InChI is InChI=1S/C15H25N5O3/c1-10-6-13(21)19-15(18-10)17-5-4-16-14(22)9-20-7-11(2)23-12(3)8-20/h6,11-12H,4-5,7-9H2,1-3H3,(H,16,22)(H2,17,18,19,21)/t11-,12+. The third-order valence-electron chi connectivity index (χ3n) is 3.47. The fourth-order valence-corrected chi connectivity index (χ4v) is 2.72. The zero-order valence-corrected chi connectivity index (χ0v) is 13.9. The summed E-state index contributed by atoms with van der Waals surface area (Å²) in [4.78, 5) is 32.1. The molecule has 2 atom stereocenters. The Morgan fingerprint density at radius 1 is 1.39 bits per heavy atom. The molecule has 0 unspecified atom stereocenters. The summed E-state index contributed by atoms with van der Waals surface area (Å²) in [7, 11) is 0. The van der Waals surface area contributed by atoms with E-state index in [0.717, 1.165) is 13.1 Å². The number of aromatic amines is 1. The van der Waals surface area contributed by atoms with Crippen LogP contribution in [0, 0.1) is 6.92 Å². The minimum absolute atomic E-state index is 0.0150. The zero-order chi connectivity index (χ0) is 16.8. The average molecular weight is 323 g/mol. The lowest BCUT2D eigenvalue weighted by Crippen LogP contribution is -2.49. The monoisotopic (exact) mass is 323 g/mol. The number of hydrogen-bond donors (Lipinski definition) is 3. The average Bonchev–Trinajstić information content (AvgIpc) is 2.41. The third-order valence-corrected chi connectivity index (χ3v) is 3.47. The molecule has 1 aromatic heterocycles. The molecule has 3 N–H and O–H groups in total. The molecule has 0 radical (unpaired) electrons. The Kier molecular flexibility index (Phi) is 6.12. The summed E-state index contributed by atoms with van der Waals surface area (Å²) in [5, 5.41) is 5.84. The first-order valence-electron chi connectivity index (χ1n) is 7.88. The molecular weight excluding hydrogens is 298 g/mol. The number of aromatic nitrogens is 2. The summed E-state index contributed by atoms with van der Waals surface area (Å²) in [6, 6.07) is 1.43.